The van der Waals surface area contributed by atoms with Gasteiger partial charge in [-0.3, -0.25) is 4.79 Å². The first-order valence-electron chi connectivity index (χ1n) is 9.47. The molecule has 0 aliphatic carbocycles. The molecule has 2 aromatic carbocycles. The van der Waals surface area contributed by atoms with E-state index in [4.69, 9.17) is 11.6 Å². The number of aromatic nitrogens is 1. The number of amides is 1. The van der Waals surface area contributed by atoms with Crippen LogP contribution < -0.4 is 4.90 Å². The van der Waals surface area contributed by atoms with E-state index in [1.807, 2.05) is 36.1 Å². The summed E-state index contributed by atoms with van der Waals surface area (Å²) in [5.41, 5.74) is 4.11. The van der Waals surface area contributed by atoms with Crippen molar-refractivity contribution >= 4 is 34.1 Å². The average molecular weight is 382 g/mol. The van der Waals surface area contributed by atoms with Crippen LogP contribution in [-0.4, -0.2) is 41.6 Å². The number of hydrogen-bond acceptors (Lipinski definition) is 2. The van der Waals surface area contributed by atoms with Crippen LogP contribution in [0.1, 0.15) is 23.0 Å². The maximum absolute atomic E-state index is 13.4. The zero-order valence-electron chi connectivity index (χ0n) is 15.8. The van der Waals surface area contributed by atoms with Gasteiger partial charge in [-0.05, 0) is 49.7 Å². The van der Waals surface area contributed by atoms with Gasteiger partial charge in [-0.2, -0.15) is 0 Å². The fraction of sp³-hybridized carbons (Fsp3) is 0.318. The van der Waals surface area contributed by atoms with Crippen LogP contribution in [-0.2, 0) is 6.54 Å². The average Bonchev–Trinajstić information content (AvgIpc) is 2.99. The molecule has 1 aliphatic rings. The number of para-hydroxylation sites is 1. The molecular formula is C22H24ClN3O. The van der Waals surface area contributed by atoms with E-state index in [2.05, 4.69) is 40.7 Å². The maximum Gasteiger partial charge on any atom is 0.270 e. The molecule has 1 fully saturated rings. The number of nitrogens with zero attached hydrogens (tertiary/aromatic N) is 3. The van der Waals surface area contributed by atoms with Crippen LogP contribution in [0.3, 0.4) is 0 Å². The smallest absolute Gasteiger partial charge is 0.270 e. The molecular weight excluding hydrogens is 358 g/mol. The molecule has 0 N–H and O–H groups in total. The van der Waals surface area contributed by atoms with Gasteiger partial charge < -0.3 is 14.4 Å². The molecule has 0 unspecified atom stereocenters. The van der Waals surface area contributed by atoms with Crippen LogP contribution in [0.5, 0.6) is 0 Å². The Bertz CT molecular complexity index is 972. The number of carbonyl (C=O) groups is 1. The lowest BCUT2D eigenvalue weighted by molar-refractivity contribution is 0.0736. The van der Waals surface area contributed by atoms with Crippen molar-refractivity contribution in [2.75, 3.05) is 31.1 Å². The molecule has 1 aromatic heterocycles. The first-order valence-corrected chi connectivity index (χ1v) is 9.85. The van der Waals surface area contributed by atoms with Crippen molar-refractivity contribution in [1.29, 1.82) is 0 Å². The van der Waals surface area contributed by atoms with Crippen molar-refractivity contribution in [2.24, 2.45) is 0 Å². The van der Waals surface area contributed by atoms with Crippen molar-refractivity contribution in [3.8, 4) is 0 Å². The summed E-state index contributed by atoms with van der Waals surface area (Å²) in [6.07, 6.45) is 0. The van der Waals surface area contributed by atoms with Gasteiger partial charge in [-0.1, -0.05) is 29.8 Å². The standard InChI is InChI=1S/C22H24ClN3O/c1-3-26-20-10-9-17(23)15-19(20)16(2)21(26)22(27)25-13-11-24(12-14-25)18-7-5-4-6-8-18/h4-10,15H,3,11-14H2,1-2H3. The summed E-state index contributed by atoms with van der Waals surface area (Å²) < 4.78 is 2.12. The lowest BCUT2D eigenvalue weighted by atomic mass is 10.1. The molecule has 0 saturated carbocycles. The van der Waals surface area contributed by atoms with Crippen LogP contribution in [0.15, 0.2) is 48.5 Å². The second-order valence-electron chi connectivity index (χ2n) is 6.99. The summed E-state index contributed by atoms with van der Waals surface area (Å²) in [4.78, 5) is 17.7. The molecule has 1 aliphatic heterocycles. The number of fused-ring (bicyclic) bond motifs is 1. The van der Waals surface area contributed by atoms with Gasteiger partial charge in [-0.25, -0.2) is 0 Å². The molecule has 0 atom stereocenters. The highest BCUT2D eigenvalue weighted by atomic mass is 35.5. The third kappa shape index (κ3) is 3.19. The van der Waals surface area contributed by atoms with E-state index < -0.39 is 0 Å². The highest BCUT2D eigenvalue weighted by Crippen LogP contribution is 2.29. The zero-order chi connectivity index (χ0) is 19.0. The molecule has 1 saturated heterocycles. The first kappa shape index (κ1) is 17.9. The van der Waals surface area contributed by atoms with E-state index >= 15 is 0 Å². The SMILES string of the molecule is CCn1c(C(=O)N2CCN(c3ccccc3)CC2)c(C)c2cc(Cl)ccc21. The predicted octanol–water partition coefficient (Wildman–Crippen LogP) is 4.59. The summed E-state index contributed by atoms with van der Waals surface area (Å²) in [6.45, 7) is 8.05. The minimum Gasteiger partial charge on any atom is -0.368 e. The third-order valence-electron chi connectivity index (χ3n) is 5.49. The van der Waals surface area contributed by atoms with Gasteiger partial charge in [0.15, 0.2) is 0 Å². The van der Waals surface area contributed by atoms with Crippen LogP contribution in [0, 0.1) is 6.92 Å². The van der Waals surface area contributed by atoms with E-state index in [1.54, 1.807) is 0 Å². The van der Waals surface area contributed by atoms with Crippen molar-refractivity contribution in [3.05, 3.63) is 64.8 Å². The monoisotopic (exact) mass is 381 g/mol. The van der Waals surface area contributed by atoms with Crippen LogP contribution in [0.2, 0.25) is 5.02 Å². The summed E-state index contributed by atoms with van der Waals surface area (Å²) >= 11 is 6.19. The van der Waals surface area contributed by atoms with Crippen LogP contribution in [0.25, 0.3) is 10.9 Å². The number of halogens is 1. The third-order valence-corrected chi connectivity index (χ3v) is 5.72. The minimum atomic E-state index is 0.120. The predicted molar refractivity (Wildman–Crippen MR) is 112 cm³/mol. The molecule has 140 valence electrons. The largest absolute Gasteiger partial charge is 0.368 e. The second-order valence-corrected chi connectivity index (χ2v) is 7.43. The van der Waals surface area contributed by atoms with Crippen molar-refractivity contribution in [2.45, 2.75) is 20.4 Å². The van der Waals surface area contributed by atoms with Gasteiger partial charge >= 0.3 is 0 Å². The highest BCUT2D eigenvalue weighted by Gasteiger charge is 2.27. The second kappa shape index (κ2) is 7.28. The summed E-state index contributed by atoms with van der Waals surface area (Å²) in [6, 6.07) is 16.3. The Morgan fingerprint density at radius 1 is 1.04 bits per heavy atom. The van der Waals surface area contributed by atoms with Gasteiger partial charge in [0.2, 0.25) is 0 Å². The Labute approximate surface area is 164 Å². The molecule has 5 heteroatoms. The zero-order valence-corrected chi connectivity index (χ0v) is 16.5. The van der Waals surface area contributed by atoms with E-state index in [0.717, 1.165) is 54.9 Å². The molecule has 4 rings (SSSR count). The van der Waals surface area contributed by atoms with E-state index in [0.29, 0.717) is 5.02 Å². The van der Waals surface area contributed by atoms with Gasteiger partial charge in [0.05, 0.1) is 0 Å². The van der Waals surface area contributed by atoms with Crippen LogP contribution >= 0.6 is 11.6 Å². The Morgan fingerprint density at radius 2 is 1.74 bits per heavy atom. The molecule has 3 aromatic rings. The lowest BCUT2D eigenvalue weighted by Crippen LogP contribution is -2.49. The molecule has 1 amide bonds. The number of rotatable bonds is 3. The summed E-state index contributed by atoms with van der Waals surface area (Å²) in [5, 5.41) is 1.77. The van der Waals surface area contributed by atoms with Crippen molar-refractivity contribution in [3.63, 3.8) is 0 Å². The number of benzene rings is 2. The maximum atomic E-state index is 13.4. The fourth-order valence-electron chi connectivity index (χ4n) is 4.06. The van der Waals surface area contributed by atoms with Gasteiger partial charge in [0, 0.05) is 54.3 Å². The highest BCUT2D eigenvalue weighted by molar-refractivity contribution is 6.31. The van der Waals surface area contributed by atoms with Gasteiger partial charge in [0.1, 0.15) is 5.69 Å². The molecule has 4 nitrogen and oxygen atoms in total. The molecule has 27 heavy (non-hydrogen) atoms. The number of hydrogen-bond donors (Lipinski definition) is 0. The summed E-state index contributed by atoms with van der Waals surface area (Å²) in [7, 11) is 0. The minimum absolute atomic E-state index is 0.120. The Hall–Kier alpha value is -2.46. The van der Waals surface area contributed by atoms with Crippen LogP contribution in [0.4, 0.5) is 5.69 Å². The van der Waals surface area contributed by atoms with Gasteiger partial charge in [0.25, 0.3) is 5.91 Å². The summed E-state index contributed by atoms with van der Waals surface area (Å²) in [5.74, 6) is 0.120. The number of aryl methyl sites for hydroxylation is 2. The van der Waals surface area contributed by atoms with Crippen molar-refractivity contribution in [1.82, 2.24) is 9.47 Å². The quantitative estimate of drug-likeness (QED) is 0.664. The molecule has 0 radical (unpaired) electrons. The Morgan fingerprint density at radius 3 is 2.41 bits per heavy atom. The number of anilines is 1. The lowest BCUT2D eigenvalue weighted by Gasteiger charge is -2.36. The fourth-order valence-corrected chi connectivity index (χ4v) is 4.23. The van der Waals surface area contributed by atoms with E-state index in [1.165, 1.54) is 5.69 Å². The molecule has 0 spiro atoms. The topological polar surface area (TPSA) is 28.5 Å². The number of carbonyl (C=O) groups excluding carboxylic acids is 1. The molecule has 0 bridgehead atoms. The first-order chi connectivity index (χ1) is 13.1. The Balaban J connectivity index is 1.60. The van der Waals surface area contributed by atoms with Gasteiger partial charge in [-0.15, -0.1) is 0 Å². The Kier molecular flexibility index (Phi) is 4.83. The van der Waals surface area contributed by atoms with E-state index in [9.17, 15) is 4.79 Å². The molecule has 2 heterocycles. The normalized spacial score (nSPS) is 14.8. The number of piperazine rings is 1. The van der Waals surface area contributed by atoms with Crippen molar-refractivity contribution < 1.29 is 4.79 Å². The van der Waals surface area contributed by atoms with E-state index in [-0.39, 0.29) is 5.91 Å².